The van der Waals surface area contributed by atoms with E-state index in [1.54, 1.807) is 6.92 Å². The van der Waals surface area contributed by atoms with Crippen molar-refractivity contribution in [2.45, 2.75) is 27.3 Å². The van der Waals surface area contributed by atoms with E-state index in [0.29, 0.717) is 13.2 Å². The molecule has 0 saturated heterocycles. The van der Waals surface area contributed by atoms with Gasteiger partial charge in [-0.3, -0.25) is 4.68 Å². The maximum Gasteiger partial charge on any atom is 0.360 e. The first-order valence-electron chi connectivity index (χ1n) is 6.38. The molecule has 0 unspecified atom stereocenters. The molecule has 0 aliphatic carbocycles. The molecule has 0 fully saturated rings. The summed E-state index contributed by atoms with van der Waals surface area (Å²) in [7, 11) is 1.90. The van der Waals surface area contributed by atoms with Crippen LogP contribution in [0.3, 0.4) is 0 Å². The largest absolute Gasteiger partial charge is 0.461 e. The van der Waals surface area contributed by atoms with E-state index < -0.39 is 5.97 Å². The molecule has 7 heteroatoms. The van der Waals surface area contributed by atoms with E-state index in [1.165, 1.54) is 6.26 Å². The van der Waals surface area contributed by atoms with Crippen molar-refractivity contribution >= 4 is 12.0 Å². The molecule has 108 valence electrons. The van der Waals surface area contributed by atoms with Crippen molar-refractivity contribution in [3.8, 4) is 0 Å². The van der Waals surface area contributed by atoms with Gasteiger partial charge >= 0.3 is 5.97 Å². The number of ether oxygens (including phenoxy) is 1. The molecule has 0 radical (unpaired) electrons. The summed E-state index contributed by atoms with van der Waals surface area (Å²) in [6, 6.07) is 0.288. The Morgan fingerprint density at radius 1 is 1.50 bits per heavy atom. The number of esters is 1. The minimum atomic E-state index is -0.488. The molecule has 0 atom stereocenters. The summed E-state index contributed by atoms with van der Waals surface area (Å²) in [4.78, 5) is 15.5. The lowest BCUT2D eigenvalue weighted by molar-refractivity contribution is 0.0519. The summed E-state index contributed by atoms with van der Waals surface area (Å²) < 4.78 is 11.9. The second-order valence-electron chi connectivity index (χ2n) is 4.38. The smallest absolute Gasteiger partial charge is 0.360 e. The molecule has 0 aromatic carbocycles. The van der Waals surface area contributed by atoms with Gasteiger partial charge in [0.1, 0.15) is 6.26 Å². The molecule has 0 saturated carbocycles. The van der Waals surface area contributed by atoms with Gasteiger partial charge in [0, 0.05) is 24.8 Å². The van der Waals surface area contributed by atoms with Gasteiger partial charge in [0.2, 0.25) is 0 Å². The molecule has 2 aromatic heterocycles. The lowest BCUT2D eigenvalue weighted by Gasteiger charge is -2.02. The highest BCUT2D eigenvalue weighted by molar-refractivity contribution is 5.87. The average Bonchev–Trinajstić information content (AvgIpc) is 2.95. The molecule has 2 aromatic rings. The highest BCUT2D eigenvalue weighted by atomic mass is 16.5. The first-order valence-corrected chi connectivity index (χ1v) is 6.38. The maximum absolute atomic E-state index is 11.5. The number of anilines is 1. The third-order valence-electron chi connectivity index (χ3n) is 3.06. The maximum atomic E-state index is 11.5. The Kier molecular flexibility index (Phi) is 4.07. The SMILES string of the molecule is CCOC(=O)c1coc(NCc2c(C)nn(C)c2C)n1. The minimum absolute atomic E-state index is 0.161. The van der Waals surface area contributed by atoms with Crippen molar-refractivity contribution in [3.63, 3.8) is 0 Å². The van der Waals surface area contributed by atoms with E-state index in [9.17, 15) is 4.79 Å². The lowest BCUT2D eigenvalue weighted by Crippen LogP contribution is -2.06. The van der Waals surface area contributed by atoms with Gasteiger partial charge in [0.05, 0.1) is 12.3 Å². The molecule has 0 bridgehead atoms. The van der Waals surface area contributed by atoms with Crippen molar-refractivity contribution in [3.05, 3.63) is 28.9 Å². The second-order valence-corrected chi connectivity index (χ2v) is 4.38. The van der Waals surface area contributed by atoms with Crippen molar-refractivity contribution in [2.24, 2.45) is 7.05 Å². The van der Waals surface area contributed by atoms with E-state index in [2.05, 4.69) is 15.4 Å². The Hall–Kier alpha value is -2.31. The van der Waals surface area contributed by atoms with Crippen LogP contribution in [0.5, 0.6) is 0 Å². The third kappa shape index (κ3) is 2.81. The van der Waals surface area contributed by atoms with Crippen molar-refractivity contribution in [1.82, 2.24) is 14.8 Å². The Labute approximate surface area is 116 Å². The zero-order chi connectivity index (χ0) is 14.7. The van der Waals surface area contributed by atoms with E-state index in [4.69, 9.17) is 9.15 Å². The predicted molar refractivity (Wildman–Crippen MR) is 72.5 cm³/mol. The average molecular weight is 278 g/mol. The van der Waals surface area contributed by atoms with Crippen LogP contribution in [0.2, 0.25) is 0 Å². The number of nitrogens with one attached hydrogen (secondary N) is 1. The van der Waals surface area contributed by atoms with Gasteiger partial charge in [-0.1, -0.05) is 0 Å². The fraction of sp³-hybridized carbons (Fsp3) is 0.462. The van der Waals surface area contributed by atoms with Crippen LogP contribution in [-0.2, 0) is 18.3 Å². The van der Waals surface area contributed by atoms with Crippen molar-refractivity contribution in [1.29, 1.82) is 0 Å². The van der Waals surface area contributed by atoms with Crippen LogP contribution in [0.15, 0.2) is 10.7 Å². The van der Waals surface area contributed by atoms with E-state index in [0.717, 1.165) is 17.0 Å². The van der Waals surface area contributed by atoms with Crippen molar-refractivity contribution in [2.75, 3.05) is 11.9 Å². The molecule has 20 heavy (non-hydrogen) atoms. The Morgan fingerprint density at radius 2 is 2.25 bits per heavy atom. The zero-order valence-electron chi connectivity index (χ0n) is 12.1. The summed E-state index contributed by atoms with van der Waals surface area (Å²) in [5, 5.41) is 7.37. The number of carbonyl (C=O) groups is 1. The number of nitrogens with zero attached hydrogens (tertiary/aromatic N) is 3. The molecule has 0 aliphatic rings. The van der Waals surface area contributed by atoms with Crippen LogP contribution in [-0.4, -0.2) is 27.3 Å². The standard InChI is InChI=1S/C13H18N4O3/c1-5-19-12(18)11-7-20-13(15-11)14-6-10-8(2)16-17(4)9(10)3/h7H,5-6H2,1-4H3,(H,14,15). The van der Waals surface area contributed by atoms with Gasteiger partial charge in [-0.25, -0.2) is 4.79 Å². The van der Waals surface area contributed by atoms with Gasteiger partial charge in [-0.2, -0.15) is 10.1 Å². The van der Waals surface area contributed by atoms with Crippen LogP contribution in [0.25, 0.3) is 0 Å². The first-order chi connectivity index (χ1) is 9.52. The summed E-state index contributed by atoms with van der Waals surface area (Å²) in [6.07, 6.45) is 1.28. The molecular formula is C13H18N4O3. The molecule has 1 N–H and O–H groups in total. The number of oxazole rings is 1. The number of rotatable bonds is 5. The molecule has 2 rings (SSSR count). The third-order valence-corrected chi connectivity index (χ3v) is 3.06. The topological polar surface area (TPSA) is 82.2 Å². The molecule has 7 nitrogen and oxygen atoms in total. The highest BCUT2D eigenvalue weighted by Crippen LogP contribution is 2.15. The molecular weight excluding hydrogens is 260 g/mol. The molecule has 0 spiro atoms. The lowest BCUT2D eigenvalue weighted by atomic mass is 10.2. The van der Waals surface area contributed by atoms with Gasteiger partial charge in [0.25, 0.3) is 6.01 Å². The Morgan fingerprint density at radius 3 is 2.85 bits per heavy atom. The molecule has 2 heterocycles. The second kappa shape index (κ2) is 5.77. The van der Waals surface area contributed by atoms with Crippen LogP contribution in [0, 0.1) is 13.8 Å². The van der Waals surface area contributed by atoms with Gasteiger partial charge in [0.15, 0.2) is 5.69 Å². The number of aromatic nitrogens is 3. The first kappa shape index (κ1) is 14.1. The van der Waals surface area contributed by atoms with Crippen LogP contribution in [0.1, 0.15) is 34.4 Å². The van der Waals surface area contributed by atoms with Crippen LogP contribution < -0.4 is 5.32 Å². The number of hydrogen-bond donors (Lipinski definition) is 1. The zero-order valence-corrected chi connectivity index (χ0v) is 12.1. The number of hydrogen-bond acceptors (Lipinski definition) is 6. The fourth-order valence-electron chi connectivity index (χ4n) is 1.89. The summed E-state index contributed by atoms with van der Waals surface area (Å²) in [5.74, 6) is -0.488. The van der Waals surface area contributed by atoms with Gasteiger partial charge < -0.3 is 14.5 Å². The number of aryl methyl sites for hydroxylation is 2. The Bertz CT molecular complexity index is 615. The summed E-state index contributed by atoms with van der Waals surface area (Å²) in [6.45, 7) is 6.53. The van der Waals surface area contributed by atoms with Crippen molar-refractivity contribution < 1.29 is 13.9 Å². The monoisotopic (exact) mass is 278 g/mol. The van der Waals surface area contributed by atoms with Crippen LogP contribution in [0.4, 0.5) is 6.01 Å². The quantitative estimate of drug-likeness (QED) is 0.840. The van der Waals surface area contributed by atoms with Gasteiger partial charge in [-0.05, 0) is 20.8 Å². The van der Waals surface area contributed by atoms with E-state index >= 15 is 0 Å². The highest BCUT2D eigenvalue weighted by Gasteiger charge is 2.14. The van der Waals surface area contributed by atoms with E-state index in [1.807, 2.05) is 25.6 Å². The molecule has 0 amide bonds. The van der Waals surface area contributed by atoms with Gasteiger partial charge in [-0.15, -0.1) is 0 Å². The number of carbonyl (C=O) groups excluding carboxylic acids is 1. The fourth-order valence-corrected chi connectivity index (χ4v) is 1.89. The predicted octanol–water partition coefficient (Wildman–Crippen LogP) is 1.81. The minimum Gasteiger partial charge on any atom is -0.461 e. The Balaban J connectivity index is 2.03. The summed E-state index contributed by atoms with van der Waals surface area (Å²) >= 11 is 0. The summed E-state index contributed by atoms with van der Waals surface area (Å²) in [5.41, 5.74) is 3.28. The normalized spacial score (nSPS) is 10.6. The molecule has 0 aliphatic heterocycles. The van der Waals surface area contributed by atoms with Crippen LogP contribution >= 0.6 is 0 Å². The van der Waals surface area contributed by atoms with E-state index in [-0.39, 0.29) is 11.7 Å².